The second kappa shape index (κ2) is 10.1. The number of carbonyl (C=O) groups excluding carboxylic acids is 4. The van der Waals surface area contributed by atoms with Crippen LogP contribution in [-0.4, -0.2) is 53.4 Å². The number of nitrogens with zero attached hydrogens (tertiary/aromatic N) is 2. The van der Waals surface area contributed by atoms with E-state index in [1.807, 2.05) is 18.2 Å². The lowest BCUT2D eigenvalue weighted by Gasteiger charge is -2.49. The first-order valence-electron chi connectivity index (χ1n) is 13.9. The molecule has 4 aliphatic rings. The summed E-state index contributed by atoms with van der Waals surface area (Å²) in [5.74, 6) is -4.63. The van der Waals surface area contributed by atoms with Crippen LogP contribution in [0, 0.1) is 34.9 Å². The van der Waals surface area contributed by atoms with Crippen molar-refractivity contribution in [3.05, 3.63) is 70.5 Å². The molecule has 6 rings (SSSR count). The Balaban J connectivity index is 1.53. The fourth-order valence-electron chi connectivity index (χ4n) is 7.61. The molecule has 6 atom stereocenters. The number of hydrogen-bond acceptors (Lipinski definition) is 6. The molecule has 2 aromatic rings. The predicted octanol–water partition coefficient (Wildman–Crippen LogP) is 4.10. The van der Waals surface area contributed by atoms with Crippen molar-refractivity contribution in [3.8, 4) is 5.75 Å². The Morgan fingerprint density at radius 1 is 1.07 bits per heavy atom. The second-order valence-corrected chi connectivity index (χ2v) is 11.7. The average molecular weight is 581 g/mol. The van der Waals surface area contributed by atoms with Crippen molar-refractivity contribution in [1.29, 1.82) is 0 Å². The Hall–Kier alpha value is -3.56. The molecule has 0 aromatic heterocycles. The number of aliphatic hydroxyl groups excluding tert-OH is 1. The average Bonchev–Trinajstić information content (AvgIpc) is 3.32. The summed E-state index contributed by atoms with van der Waals surface area (Å²) in [5.41, 5.74) is 0.392. The summed E-state index contributed by atoms with van der Waals surface area (Å²) in [6, 6.07) is 10.9. The highest BCUT2D eigenvalue weighted by Gasteiger charge is 2.67. The SMILES string of the molecule is CCN1C(=O)[C@H]2[C@H](CC=C3[C@H]2C[C@H]2C(=O)N(c4ccc(F)c(Cl)c4)C(=O)[C@@]2(C)[C@H]3c2ccccc2OCCO)C1=O. The summed E-state index contributed by atoms with van der Waals surface area (Å²) in [7, 11) is 0. The number of likely N-dealkylation sites (tertiary alicyclic amines) is 1. The third-order valence-corrected chi connectivity index (χ3v) is 9.71. The zero-order valence-electron chi connectivity index (χ0n) is 22.7. The third kappa shape index (κ3) is 3.89. The minimum absolute atomic E-state index is 0.0303. The highest BCUT2D eigenvalue weighted by atomic mass is 35.5. The van der Waals surface area contributed by atoms with Gasteiger partial charge in [0.15, 0.2) is 0 Å². The molecule has 0 unspecified atom stereocenters. The van der Waals surface area contributed by atoms with Gasteiger partial charge in [-0.25, -0.2) is 9.29 Å². The smallest absolute Gasteiger partial charge is 0.241 e. The number of amides is 4. The van der Waals surface area contributed by atoms with Crippen LogP contribution in [0.5, 0.6) is 5.75 Å². The van der Waals surface area contributed by atoms with Gasteiger partial charge in [-0.3, -0.25) is 24.1 Å². The van der Waals surface area contributed by atoms with Crippen molar-refractivity contribution in [2.75, 3.05) is 24.7 Å². The molecule has 1 saturated carbocycles. The van der Waals surface area contributed by atoms with E-state index in [4.69, 9.17) is 16.3 Å². The monoisotopic (exact) mass is 580 g/mol. The number of imide groups is 2. The second-order valence-electron chi connectivity index (χ2n) is 11.3. The number of fused-ring (bicyclic) bond motifs is 4. The predicted molar refractivity (Wildman–Crippen MR) is 147 cm³/mol. The number of allylic oxidation sites excluding steroid dienone is 2. The van der Waals surface area contributed by atoms with E-state index in [2.05, 4.69) is 0 Å². The van der Waals surface area contributed by atoms with E-state index < -0.39 is 52.6 Å². The van der Waals surface area contributed by atoms with Crippen LogP contribution in [0.1, 0.15) is 38.2 Å². The molecule has 2 aliphatic carbocycles. The van der Waals surface area contributed by atoms with E-state index in [0.717, 1.165) is 16.5 Å². The Morgan fingerprint density at radius 2 is 1.83 bits per heavy atom. The molecule has 2 aliphatic heterocycles. The number of aliphatic hydroxyl groups is 1. The van der Waals surface area contributed by atoms with Crippen LogP contribution in [-0.2, 0) is 19.2 Å². The van der Waals surface area contributed by atoms with Crippen molar-refractivity contribution in [2.24, 2.45) is 29.1 Å². The number of para-hydroxylation sites is 1. The maximum atomic E-state index is 14.4. The first-order chi connectivity index (χ1) is 19.6. The fraction of sp³-hybridized carbons (Fsp3) is 0.419. The zero-order chi connectivity index (χ0) is 29.2. The topological polar surface area (TPSA) is 104 Å². The maximum absolute atomic E-state index is 14.4. The van der Waals surface area contributed by atoms with Gasteiger partial charge in [-0.15, -0.1) is 0 Å². The number of rotatable bonds is 6. The molecule has 10 heteroatoms. The zero-order valence-corrected chi connectivity index (χ0v) is 23.4. The number of benzene rings is 2. The van der Waals surface area contributed by atoms with Crippen molar-refractivity contribution in [1.82, 2.24) is 4.90 Å². The van der Waals surface area contributed by atoms with Gasteiger partial charge in [0.1, 0.15) is 18.2 Å². The minimum atomic E-state index is -1.28. The summed E-state index contributed by atoms with van der Waals surface area (Å²) >= 11 is 6.04. The molecular formula is C31H30ClFN2O6. The van der Waals surface area contributed by atoms with Crippen molar-refractivity contribution in [3.63, 3.8) is 0 Å². The van der Waals surface area contributed by atoms with E-state index in [0.29, 0.717) is 17.7 Å². The molecule has 2 heterocycles. The third-order valence-electron chi connectivity index (χ3n) is 9.42. The minimum Gasteiger partial charge on any atom is -0.491 e. The van der Waals surface area contributed by atoms with Gasteiger partial charge in [-0.2, -0.15) is 0 Å². The molecule has 214 valence electrons. The molecule has 8 nitrogen and oxygen atoms in total. The van der Waals surface area contributed by atoms with Crippen LogP contribution >= 0.6 is 11.6 Å². The first-order valence-corrected chi connectivity index (χ1v) is 14.2. The summed E-state index contributed by atoms with van der Waals surface area (Å²) < 4.78 is 19.9. The molecule has 3 fully saturated rings. The van der Waals surface area contributed by atoms with E-state index in [1.165, 1.54) is 17.0 Å². The van der Waals surface area contributed by atoms with E-state index >= 15 is 0 Å². The van der Waals surface area contributed by atoms with Crippen molar-refractivity contribution < 1.29 is 33.4 Å². The number of hydrogen-bond donors (Lipinski definition) is 1. The standard InChI is InChI=1S/C31H30ClFN2O6/c1-3-34-27(37)19-10-9-17-20(25(19)29(34)39)15-21-28(38)35(16-8-11-23(33)22(32)14-16)30(40)31(21,2)26(17)18-6-4-5-7-24(18)41-13-12-36/h4-9,11,14,19-21,25-26,36H,3,10,12-13,15H2,1-2H3/t19-,20+,21-,25-,26+,31+/m0/s1. The molecule has 0 radical (unpaired) electrons. The summed E-state index contributed by atoms with van der Waals surface area (Å²) in [5, 5.41) is 9.24. The largest absolute Gasteiger partial charge is 0.491 e. The van der Waals surface area contributed by atoms with Gasteiger partial charge in [0.05, 0.1) is 40.5 Å². The van der Waals surface area contributed by atoms with E-state index in [1.54, 1.807) is 26.0 Å². The Bertz CT molecular complexity index is 1510. The lowest BCUT2D eigenvalue weighted by Crippen LogP contribution is -2.49. The molecule has 0 spiro atoms. The van der Waals surface area contributed by atoms with Crippen LogP contribution in [0.4, 0.5) is 10.1 Å². The number of halogens is 2. The Labute approximate surface area is 241 Å². The van der Waals surface area contributed by atoms with E-state index in [9.17, 15) is 28.7 Å². The van der Waals surface area contributed by atoms with E-state index in [-0.39, 0.29) is 48.7 Å². The highest BCUT2D eigenvalue weighted by Crippen LogP contribution is 2.64. The lowest BCUT2D eigenvalue weighted by molar-refractivity contribution is -0.140. The molecular weight excluding hydrogens is 551 g/mol. The van der Waals surface area contributed by atoms with Crippen LogP contribution in [0.3, 0.4) is 0 Å². The van der Waals surface area contributed by atoms with Crippen LogP contribution in [0.15, 0.2) is 54.1 Å². The van der Waals surface area contributed by atoms with Gasteiger partial charge in [-0.05, 0) is 56.9 Å². The fourth-order valence-corrected chi connectivity index (χ4v) is 7.79. The van der Waals surface area contributed by atoms with Gasteiger partial charge < -0.3 is 9.84 Å². The van der Waals surface area contributed by atoms with Gasteiger partial charge >= 0.3 is 0 Å². The molecule has 2 saturated heterocycles. The number of carbonyl (C=O) groups is 4. The Morgan fingerprint density at radius 3 is 2.54 bits per heavy atom. The normalized spacial score (nSPS) is 30.8. The van der Waals surface area contributed by atoms with Crippen LogP contribution in [0.25, 0.3) is 0 Å². The summed E-state index contributed by atoms with van der Waals surface area (Å²) in [6.45, 7) is 3.61. The molecule has 2 aromatic carbocycles. The van der Waals surface area contributed by atoms with Gasteiger partial charge in [0.2, 0.25) is 23.6 Å². The first kappa shape index (κ1) is 27.6. The molecule has 4 amide bonds. The quantitative estimate of drug-likeness (QED) is 0.408. The highest BCUT2D eigenvalue weighted by molar-refractivity contribution is 6.31. The van der Waals surface area contributed by atoms with Crippen LogP contribution in [0.2, 0.25) is 5.02 Å². The lowest BCUT2D eigenvalue weighted by atomic mass is 9.51. The van der Waals surface area contributed by atoms with Gasteiger partial charge in [0.25, 0.3) is 0 Å². The summed E-state index contributed by atoms with van der Waals surface area (Å²) in [6.07, 6.45) is 2.54. The van der Waals surface area contributed by atoms with Crippen molar-refractivity contribution >= 4 is 40.9 Å². The number of ether oxygens (including phenoxy) is 1. The van der Waals surface area contributed by atoms with Gasteiger partial charge in [-0.1, -0.05) is 41.4 Å². The van der Waals surface area contributed by atoms with Crippen molar-refractivity contribution in [2.45, 2.75) is 32.6 Å². The van der Waals surface area contributed by atoms with Gasteiger partial charge in [0, 0.05) is 18.0 Å². The Kier molecular flexibility index (Phi) is 6.77. The summed E-state index contributed by atoms with van der Waals surface area (Å²) in [4.78, 5) is 57.7. The molecule has 41 heavy (non-hydrogen) atoms. The number of anilines is 1. The maximum Gasteiger partial charge on any atom is 0.241 e. The molecule has 1 N–H and O–H groups in total. The van der Waals surface area contributed by atoms with Crippen LogP contribution < -0.4 is 9.64 Å². The molecule has 0 bridgehead atoms.